The van der Waals surface area contributed by atoms with Crippen LogP contribution < -0.4 is 5.73 Å². The quantitative estimate of drug-likeness (QED) is 0.663. The molecular weight excluding hydrogens is 306 g/mol. The molecule has 3 rings (SSSR count). The fraction of sp³-hybridized carbons (Fsp3) is 0.217. The molecule has 2 heteroatoms. The molecule has 128 valence electrons. The van der Waals surface area contributed by atoms with E-state index in [1.807, 2.05) is 66.7 Å². The second-order valence-electron chi connectivity index (χ2n) is 6.67. The lowest BCUT2D eigenvalue weighted by Gasteiger charge is -2.30. The van der Waals surface area contributed by atoms with Crippen molar-refractivity contribution in [2.24, 2.45) is 0 Å². The Balaban J connectivity index is 1.99. The predicted molar refractivity (Wildman–Crippen MR) is 105 cm³/mol. The van der Waals surface area contributed by atoms with Gasteiger partial charge in [0, 0.05) is 5.69 Å². The Hall–Kier alpha value is -2.58. The minimum absolute atomic E-state index is 0.579. The van der Waals surface area contributed by atoms with Crippen LogP contribution in [0.2, 0.25) is 0 Å². The molecule has 0 bridgehead atoms. The smallest absolute Gasteiger partial charge is 0.115 e. The summed E-state index contributed by atoms with van der Waals surface area (Å²) in [5.74, 6) is 0. The number of hydrogen-bond donors (Lipinski definition) is 2. The first-order valence-electron chi connectivity index (χ1n) is 8.70. The average Bonchev–Trinajstić information content (AvgIpc) is 2.66. The van der Waals surface area contributed by atoms with Crippen LogP contribution in [0.15, 0.2) is 72.8 Å². The van der Waals surface area contributed by atoms with E-state index >= 15 is 0 Å². The molecule has 0 heterocycles. The molecule has 3 aromatic carbocycles. The number of rotatable bonds is 5. The minimum atomic E-state index is -1.04. The summed E-state index contributed by atoms with van der Waals surface area (Å²) in [6.07, 6.45) is 1.30. The van der Waals surface area contributed by atoms with E-state index in [0.29, 0.717) is 6.42 Å². The van der Waals surface area contributed by atoms with Gasteiger partial charge in [-0.1, -0.05) is 66.7 Å². The van der Waals surface area contributed by atoms with Gasteiger partial charge in [-0.25, -0.2) is 0 Å². The highest BCUT2D eigenvalue weighted by atomic mass is 16.3. The molecule has 2 nitrogen and oxygen atoms in total. The molecule has 0 spiro atoms. The van der Waals surface area contributed by atoms with Gasteiger partial charge in [-0.05, 0) is 60.6 Å². The third-order valence-corrected chi connectivity index (χ3v) is 5.15. The average molecular weight is 331 g/mol. The second-order valence-corrected chi connectivity index (χ2v) is 6.67. The van der Waals surface area contributed by atoms with Crippen LogP contribution in [0, 0.1) is 13.8 Å². The number of benzene rings is 3. The first kappa shape index (κ1) is 17.2. The molecule has 0 aliphatic rings. The molecule has 0 saturated heterocycles. The maximum absolute atomic E-state index is 11.6. The van der Waals surface area contributed by atoms with Crippen molar-refractivity contribution in [2.75, 3.05) is 5.73 Å². The monoisotopic (exact) mass is 331 g/mol. The number of hydrogen-bond acceptors (Lipinski definition) is 2. The molecule has 0 fully saturated rings. The van der Waals surface area contributed by atoms with Crippen LogP contribution in [0.25, 0.3) is 0 Å². The molecule has 0 aliphatic heterocycles. The Bertz CT molecular complexity index is 801. The van der Waals surface area contributed by atoms with Crippen molar-refractivity contribution in [3.05, 3.63) is 101 Å². The first-order chi connectivity index (χ1) is 12.0. The van der Waals surface area contributed by atoms with Crippen molar-refractivity contribution < 1.29 is 5.11 Å². The van der Waals surface area contributed by atoms with Crippen LogP contribution in [-0.2, 0) is 12.0 Å². The lowest BCUT2D eigenvalue weighted by Crippen LogP contribution is -2.28. The van der Waals surface area contributed by atoms with Gasteiger partial charge in [0.05, 0.1) is 0 Å². The molecule has 0 aromatic heterocycles. The van der Waals surface area contributed by atoms with Crippen LogP contribution in [0.5, 0.6) is 0 Å². The van der Waals surface area contributed by atoms with E-state index < -0.39 is 5.60 Å². The largest absolute Gasteiger partial charge is 0.398 e. The lowest BCUT2D eigenvalue weighted by molar-refractivity contribution is 0.0713. The molecule has 3 N–H and O–H groups in total. The third-order valence-electron chi connectivity index (χ3n) is 5.15. The summed E-state index contributed by atoms with van der Waals surface area (Å²) in [6.45, 7) is 4.20. The Morgan fingerprint density at radius 2 is 1.32 bits per heavy atom. The molecule has 0 unspecified atom stereocenters. The van der Waals surface area contributed by atoms with Crippen LogP contribution in [0.1, 0.15) is 34.2 Å². The van der Waals surface area contributed by atoms with E-state index in [4.69, 9.17) is 5.73 Å². The van der Waals surface area contributed by atoms with E-state index in [2.05, 4.69) is 19.9 Å². The van der Waals surface area contributed by atoms with E-state index in [0.717, 1.165) is 28.8 Å². The summed E-state index contributed by atoms with van der Waals surface area (Å²) in [4.78, 5) is 0. The summed E-state index contributed by atoms with van der Waals surface area (Å²) < 4.78 is 0. The highest BCUT2D eigenvalue weighted by Gasteiger charge is 2.31. The van der Waals surface area contributed by atoms with Crippen molar-refractivity contribution in [3.8, 4) is 0 Å². The van der Waals surface area contributed by atoms with E-state index in [-0.39, 0.29) is 0 Å². The fourth-order valence-electron chi connectivity index (χ4n) is 3.42. The van der Waals surface area contributed by atoms with Gasteiger partial charge < -0.3 is 10.8 Å². The molecule has 0 amide bonds. The van der Waals surface area contributed by atoms with Crippen molar-refractivity contribution in [1.82, 2.24) is 0 Å². The van der Waals surface area contributed by atoms with Crippen LogP contribution in [-0.4, -0.2) is 5.11 Å². The minimum Gasteiger partial charge on any atom is -0.398 e. The lowest BCUT2D eigenvalue weighted by atomic mass is 9.81. The molecular formula is C23H25NO. The molecule has 0 saturated carbocycles. The van der Waals surface area contributed by atoms with Crippen LogP contribution >= 0.6 is 0 Å². The highest BCUT2D eigenvalue weighted by molar-refractivity contribution is 5.53. The summed E-state index contributed by atoms with van der Waals surface area (Å²) in [7, 11) is 0. The van der Waals surface area contributed by atoms with Gasteiger partial charge in [0.1, 0.15) is 5.60 Å². The predicted octanol–water partition coefficient (Wildman–Crippen LogP) is 4.75. The summed E-state index contributed by atoms with van der Waals surface area (Å²) >= 11 is 0. The molecule has 3 aromatic rings. The Kier molecular flexibility index (Phi) is 4.91. The Morgan fingerprint density at radius 1 is 0.800 bits per heavy atom. The maximum atomic E-state index is 11.6. The zero-order valence-corrected chi connectivity index (χ0v) is 14.9. The Morgan fingerprint density at radius 3 is 1.84 bits per heavy atom. The van der Waals surface area contributed by atoms with E-state index in [1.54, 1.807) is 0 Å². The highest BCUT2D eigenvalue weighted by Crippen LogP contribution is 2.35. The zero-order chi connectivity index (χ0) is 17.9. The molecule has 0 aliphatic carbocycles. The number of aryl methyl sites for hydroxylation is 1. The number of anilines is 1. The van der Waals surface area contributed by atoms with Gasteiger partial charge in [-0.3, -0.25) is 0 Å². The normalized spacial score (nSPS) is 11.5. The number of aliphatic hydroxyl groups is 1. The van der Waals surface area contributed by atoms with Gasteiger partial charge in [0.15, 0.2) is 0 Å². The first-order valence-corrected chi connectivity index (χ1v) is 8.70. The van der Waals surface area contributed by atoms with Crippen molar-refractivity contribution in [3.63, 3.8) is 0 Å². The van der Waals surface area contributed by atoms with Crippen molar-refractivity contribution >= 4 is 5.69 Å². The topological polar surface area (TPSA) is 46.2 Å². The fourth-order valence-corrected chi connectivity index (χ4v) is 3.42. The summed E-state index contributed by atoms with van der Waals surface area (Å²) in [5, 5.41) is 11.6. The molecule has 0 atom stereocenters. The summed E-state index contributed by atoms with van der Waals surface area (Å²) in [6, 6.07) is 23.8. The van der Waals surface area contributed by atoms with Crippen LogP contribution in [0.3, 0.4) is 0 Å². The van der Waals surface area contributed by atoms with E-state index in [1.165, 1.54) is 11.1 Å². The zero-order valence-electron chi connectivity index (χ0n) is 14.9. The summed E-state index contributed by atoms with van der Waals surface area (Å²) in [5.41, 5.74) is 11.4. The van der Waals surface area contributed by atoms with Gasteiger partial charge in [-0.2, -0.15) is 0 Å². The van der Waals surface area contributed by atoms with Crippen molar-refractivity contribution in [1.29, 1.82) is 0 Å². The van der Waals surface area contributed by atoms with Gasteiger partial charge in [0.2, 0.25) is 0 Å². The third kappa shape index (κ3) is 3.45. The second kappa shape index (κ2) is 7.12. The Labute approximate surface area is 150 Å². The molecule has 0 radical (unpaired) electrons. The standard InChI is InChI=1S/C23H25NO/c1-17-13-14-22(24)21(18(17)2)15-16-23(25,19-9-5-3-6-10-19)20-11-7-4-8-12-20/h3-14,25H,15-16,24H2,1-2H3. The van der Waals surface area contributed by atoms with Crippen LogP contribution in [0.4, 0.5) is 5.69 Å². The van der Waals surface area contributed by atoms with Gasteiger partial charge in [0.25, 0.3) is 0 Å². The number of nitrogen functional groups attached to an aromatic ring is 1. The maximum Gasteiger partial charge on any atom is 0.115 e. The van der Waals surface area contributed by atoms with Crippen molar-refractivity contribution in [2.45, 2.75) is 32.3 Å². The van der Waals surface area contributed by atoms with E-state index in [9.17, 15) is 5.11 Å². The number of nitrogens with two attached hydrogens (primary N) is 1. The SMILES string of the molecule is Cc1ccc(N)c(CCC(O)(c2ccccc2)c2ccccc2)c1C. The molecule has 25 heavy (non-hydrogen) atoms. The van der Waals surface area contributed by atoms with Gasteiger partial charge in [-0.15, -0.1) is 0 Å². The van der Waals surface area contributed by atoms with Gasteiger partial charge >= 0.3 is 0 Å².